The van der Waals surface area contributed by atoms with Gasteiger partial charge in [0.2, 0.25) is 5.91 Å². The first-order valence-corrected chi connectivity index (χ1v) is 18.2. The Balaban J connectivity index is 0.000000790. The number of fused-ring (bicyclic) bond motifs is 1. The van der Waals surface area contributed by atoms with E-state index in [2.05, 4.69) is 30.1 Å². The number of benzene rings is 1. The number of thiophene rings is 1. The van der Waals surface area contributed by atoms with E-state index in [4.69, 9.17) is 5.26 Å². The molecule has 0 spiro atoms. The van der Waals surface area contributed by atoms with E-state index in [0.29, 0.717) is 40.2 Å². The molecule has 0 aliphatic carbocycles. The zero-order valence-electron chi connectivity index (χ0n) is 26.4. The molecule has 1 amide bonds. The average molecular weight is 772 g/mol. The molecule has 4 rings (SSSR count). The van der Waals surface area contributed by atoms with Crippen molar-refractivity contribution in [1.29, 1.82) is 5.26 Å². The fourth-order valence-electron chi connectivity index (χ4n) is 4.63. The average Bonchev–Trinajstić information content (AvgIpc) is 3.65. The zero-order chi connectivity index (χ0) is 33.9. The third-order valence-electron chi connectivity index (χ3n) is 6.89. The molecule has 3 aromatic heterocycles. The highest BCUT2D eigenvalue weighted by atomic mass is 127. The SMILES string of the molecule is CCc1ccc(F)cc1CCn1c(=O)n(C(C)(C)C(=O)NC(C)C)c(=O)c2c(C)c(-n3nccn3)sc21.COCCC#N.SI. The van der Waals surface area contributed by atoms with Gasteiger partial charge in [-0.3, -0.25) is 14.2 Å². The maximum atomic E-state index is 14.0. The maximum Gasteiger partial charge on any atom is 0.333 e. The lowest BCUT2D eigenvalue weighted by molar-refractivity contribution is -0.129. The Morgan fingerprint density at radius 3 is 2.40 bits per heavy atom. The molecule has 0 aliphatic heterocycles. The molecule has 11 nitrogen and oxygen atoms in total. The van der Waals surface area contributed by atoms with E-state index in [-0.39, 0.29) is 18.4 Å². The van der Waals surface area contributed by atoms with Gasteiger partial charge in [-0.15, -0.1) is 14.6 Å². The van der Waals surface area contributed by atoms with Crippen LogP contribution in [0.15, 0.2) is 40.2 Å². The molecule has 0 radical (unpaired) electrons. The van der Waals surface area contributed by atoms with Gasteiger partial charge in [-0.25, -0.2) is 13.8 Å². The first-order valence-electron chi connectivity index (χ1n) is 14.2. The van der Waals surface area contributed by atoms with Crippen molar-refractivity contribution in [2.45, 2.75) is 78.9 Å². The van der Waals surface area contributed by atoms with Gasteiger partial charge in [0, 0.05) is 25.3 Å². The van der Waals surface area contributed by atoms with Crippen LogP contribution >= 0.6 is 42.3 Å². The Bertz CT molecular complexity index is 1740. The van der Waals surface area contributed by atoms with Gasteiger partial charge >= 0.3 is 5.69 Å². The van der Waals surface area contributed by atoms with Gasteiger partial charge in [-0.05, 0) is 91.9 Å². The van der Waals surface area contributed by atoms with Gasteiger partial charge in [-0.1, -0.05) is 24.3 Å². The predicted octanol–water partition coefficient (Wildman–Crippen LogP) is 5.13. The molecule has 1 aromatic carbocycles. The molecule has 1 N–H and O–H groups in total. The third-order valence-corrected chi connectivity index (χ3v) is 8.17. The molecule has 244 valence electrons. The van der Waals surface area contributed by atoms with Gasteiger partial charge in [0.05, 0.1) is 36.9 Å². The quantitative estimate of drug-likeness (QED) is 0.130. The molecule has 45 heavy (non-hydrogen) atoms. The highest BCUT2D eigenvalue weighted by Crippen LogP contribution is 2.31. The number of nitriles is 1. The number of nitrogens with one attached hydrogen (secondary N) is 1. The van der Waals surface area contributed by atoms with Crippen molar-refractivity contribution in [3.63, 3.8) is 0 Å². The number of rotatable bonds is 10. The summed E-state index contributed by atoms with van der Waals surface area (Å²) in [5, 5.41) is 20.0. The molecular formula is C30H39FIN7O4S2. The number of carbonyl (C=O) groups excluding carboxylic acids is 1. The van der Waals surface area contributed by atoms with Crippen molar-refractivity contribution in [2.24, 2.45) is 0 Å². The monoisotopic (exact) mass is 771 g/mol. The summed E-state index contributed by atoms with van der Waals surface area (Å²) in [5.41, 5.74) is -0.215. The number of amides is 1. The molecule has 0 fully saturated rings. The third kappa shape index (κ3) is 9.02. The Labute approximate surface area is 283 Å². The number of hydrogen-bond donors (Lipinski definition) is 2. The summed E-state index contributed by atoms with van der Waals surface area (Å²) in [5.74, 6) is -0.784. The smallest absolute Gasteiger partial charge is 0.333 e. The van der Waals surface area contributed by atoms with Crippen LogP contribution in [0.5, 0.6) is 0 Å². The van der Waals surface area contributed by atoms with Crippen LogP contribution in [0.4, 0.5) is 4.39 Å². The number of hydrogen-bond acceptors (Lipinski definition) is 9. The lowest BCUT2D eigenvalue weighted by atomic mass is 10.0. The van der Waals surface area contributed by atoms with E-state index in [1.54, 1.807) is 33.9 Å². The highest BCUT2D eigenvalue weighted by molar-refractivity contribution is 14.2. The number of thiol groups is 1. The summed E-state index contributed by atoms with van der Waals surface area (Å²) < 4.78 is 21.1. The molecule has 15 heteroatoms. The minimum Gasteiger partial charge on any atom is -0.384 e. The van der Waals surface area contributed by atoms with Gasteiger partial charge in [0.15, 0.2) is 0 Å². The molecule has 0 unspecified atom stereocenters. The first kappa shape index (κ1) is 38.1. The van der Waals surface area contributed by atoms with Crippen molar-refractivity contribution in [1.82, 2.24) is 29.4 Å². The van der Waals surface area contributed by atoms with Crippen molar-refractivity contribution in [2.75, 3.05) is 13.7 Å². The van der Waals surface area contributed by atoms with E-state index in [9.17, 15) is 18.8 Å². The van der Waals surface area contributed by atoms with Gasteiger partial charge in [-0.2, -0.15) is 15.5 Å². The molecule has 4 aromatic rings. The summed E-state index contributed by atoms with van der Waals surface area (Å²) in [6, 6.07) is 6.43. The lowest BCUT2D eigenvalue weighted by Gasteiger charge is -2.27. The molecule has 0 aliphatic rings. The van der Waals surface area contributed by atoms with E-state index in [0.717, 1.165) is 22.1 Å². The highest BCUT2D eigenvalue weighted by Gasteiger charge is 2.35. The van der Waals surface area contributed by atoms with Crippen LogP contribution in [0.3, 0.4) is 0 Å². The van der Waals surface area contributed by atoms with Crippen molar-refractivity contribution >= 4 is 58.5 Å². The number of aromatic nitrogens is 5. The first-order chi connectivity index (χ1) is 21.4. The standard InChI is InChI=1S/C26H31FN6O3S.C4H7NO.HIS/c1-7-17-8-9-19(27)14-18(17)10-13-31-23-20(16(4)22(37-23)33-28-11-12-29-33)21(34)32(25(31)36)26(5,6)24(35)30-15(2)3;1-6-4-2-3-5;1-2/h8-9,11-12,14-15H,7,10,13H2,1-6H3,(H,30,35);2,4H2,1H3;2H. The summed E-state index contributed by atoms with van der Waals surface area (Å²) in [7, 11) is 5.08. The minimum absolute atomic E-state index is 0.172. The zero-order valence-corrected chi connectivity index (χ0v) is 30.3. The summed E-state index contributed by atoms with van der Waals surface area (Å²) in [6.45, 7) is 11.3. The number of halogens is 2. The maximum absolute atomic E-state index is 14.0. The summed E-state index contributed by atoms with van der Waals surface area (Å²) in [4.78, 5) is 42.8. The lowest BCUT2D eigenvalue weighted by Crippen LogP contribution is -2.56. The van der Waals surface area contributed by atoms with Crippen LogP contribution in [-0.2, 0) is 34.5 Å². The van der Waals surface area contributed by atoms with Crippen molar-refractivity contribution in [3.8, 4) is 11.1 Å². The molecule has 0 saturated heterocycles. The normalized spacial score (nSPS) is 11.0. The van der Waals surface area contributed by atoms with Crippen LogP contribution in [0.1, 0.15) is 57.7 Å². The van der Waals surface area contributed by atoms with E-state index < -0.39 is 22.7 Å². The molecular weight excluding hydrogens is 732 g/mol. The van der Waals surface area contributed by atoms with Gasteiger partial charge < -0.3 is 10.1 Å². The van der Waals surface area contributed by atoms with Crippen molar-refractivity contribution in [3.05, 3.63) is 73.9 Å². The van der Waals surface area contributed by atoms with E-state index >= 15 is 0 Å². The largest absolute Gasteiger partial charge is 0.384 e. The second-order valence-electron chi connectivity index (χ2n) is 10.7. The minimum atomic E-state index is -1.46. The molecule has 3 heterocycles. The molecule has 0 saturated carbocycles. The number of ether oxygens (including phenoxy) is 1. The van der Waals surface area contributed by atoms with E-state index in [1.165, 1.54) is 45.2 Å². The number of nitrogens with zero attached hydrogens (tertiary/aromatic N) is 6. The predicted molar refractivity (Wildman–Crippen MR) is 187 cm³/mol. The molecule has 0 atom stereocenters. The fraction of sp³-hybridized carbons (Fsp3) is 0.467. The Morgan fingerprint density at radius 2 is 1.87 bits per heavy atom. The van der Waals surface area contributed by atoms with Gasteiger partial charge in [0.1, 0.15) is 21.2 Å². The van der Waals surface area contributed by atoms with Gasteiger partial charge in [0.25, 0.3) is 5.56 Å². The Hall–Kier alpha value is -3.07. The van der Waals surface area contributed by atoms with Crippen LogP contribution in [0.2, 0.25) is 0 Å². The summed E-state index contributed by atoms with van der Waals surface area (Å²) >= 11 is 3.08. The van der Waals surface area contributed by atoms with Crippen LogP contribution in [0.25, 0.3) is 15.2 Å². The van der Waals surface area contributed by atoms with Crippen molar-refractivity contribution < 1.29 is 13.9 Å². The van der Waals surface area contributed by atoms with Crippen LogP contribution < -0.4 is 16.6 Å². The molecule has 0 bridgehead atoms. The van der Waals surface area contributed by atoms with E-state index in [1.807, 2.05) is 48.0 Å². The summed E-state index contributed by atoms with van der Waals surface area (Å²) in [6.07, 6.45) is 4.65. The number of carbonyl (C=O) groups is 1. The second-order valence-corrected chi connectivity index (χ2v) is 11.7. The Kier molecular flexibility index (Phi) is 14.9. The number of aryl methyl sites for hydroxylation is 4. The second kappa shape index (κ2) is 17.6. The van der Waals surface area contributed by atoms with Crippen LogP contribution in [0, 0.1) is 24.1 Å². The number of methoxy groups -OCH3 is 1. The Morgan fingerprint density at radius 1 is 1.22 bits per heavy atom. The fourth-order valence-corrected chi connectivity index (χ4v) is 5.86. The topological polar surface area (TPSA) is 137 Å². The van der Waals surface area contributed by atoms with Crippen LogP contribution in [-0.4, -0.2) is 49.8 Å².